The molecule has 1 fully saturated rings. The van der Waals surface area contributed by atoms with E-state index in [-0.39, 0.29) is 11.9 Å². The number of piperidine rings is 1. The summed E-state index contributed by atoms with van der Waals surface area (Å²) in [4.78, 5) is 18.6. The predicted octanol–water partition coefficient (Wildman–Crippen LogP) is 1.10. The van der Waals surface area contributed by atoms with E-state index in [1.807, 2.05) is 52.5 Å². The van der Waals surface area contributed by atoms with Gasteiger partial charge < -0.3 is 14.0 Å². The van der Waals surface area contributed by atoms with Crippen LogP contribution in [-0.2, 0) is 23.6 Å². The third-order valence-electron chi connectivity index (χ3n) is 5.23. The van der Waals surface area contributed by atoms with Crippen LogP contribution < -0.4 is 0 Å². The lowest BCUT2D eigenvalue weighted by Gasteiger charge is -2.37. The Hall–Kier alpha value is -2.13. The first-order valence-electron chi connectivity index (χ1n) is 9.12. The highest BCUT2D eigenvalue weighted by Gasteiger charge is 2.32. The van der Waals surface area contributed by atoms with E-state index in [0.29, 0.717) is 44.7 Å². The molecule has 0 radical (unpaired) electrons. The van der Waals surface area contributed by atoms with Crippen molar-refractivity contribution in [3.63, 3.8) is 0 Å². The van der Waals surface area contributed by atoms with Crippen LogP contribution in [0.25, 0.3) is 0 Å². The van der Waals surface area contributed by atoms with Crippen LogP contribution >= 0.6 is 0 Å². The second-order valence-corrected chi connectivity index (χ2v) is 9.00. The van der Waals surface area contributed by atoms with Crippen molar-refractivity contribution >= 4 is 15.9 Å². The number of amides is 1. The lowest BCUT2D eigenvalue weighted by molar-refractivity contribution is 0.0668. The van der Waals surface area contributed by atoms with Crippen LogP contribution in [-0.4, -0.2) is 69.6 Å². The molecule has 3 heterocycles. The summed E-state index contributed by atoms with van der Waals surface area (Å²) in [6.45, 7) is 4.00. The quantitative estimate of drug-likeness (QED) is 0.736. The lowest BCUT2D eigenvalue weighted by Crippen LogP contribution is -2.49. The fraction of sp³-hybridized carbons (Fsp3) is 0.556. The number of carbonyl (C=O) groups is 1. The largest absolute Gasteiger partial charge is 0.347 e. The summed E-state index contributed by atoms with van der Waals surface area (Å²) in [6.07, 6.45) is 7.97. The molecule has 0 N–H and O–H groups in total. The van der Waals surface area contributed by atoms with Crippen LogP contribution in [0.1, 0.15) is 29.2 Å². The number of sulfonamides is 1. The molecule has 0 aromatic carbocycles. The number of nitrogens with zero attached hydrogens (tertiary/aromatic N) is 5. The highest BCUT2D eigenvalue weighted by molar-refractivity contribution is 7.88. The van der Waals surface area contributed by atoms with Gasteiger partial charge >= 0.3 is 0 Å². The Balaban J connectivity index is 1.63. The van der Waals surface area contributed by atoms with E-state index in [4.69, 9.17) is 0 Å². The highest BCUT2D eigenvalue weighted by Crippen LogP contribution is 2.21. The Kier molecular flexibility index (Phi) is 5.71. The Bertz CT molecular complexity index is 894. The molecule has 1 aliphatic rings. The minimum Gasteiger partial charge on any atom is -0.347 e. The van der Waals surface area contributed by atoms with Crippen molar-refractivity contribution < 1.29 is 13.2 Å². The molecule has 0 unspecified atom stereocenters. The van der Waals surface area contributed by atoms with Crippen LogP contribution in [0.3, 0.4) is 0 Å². The average molecular weight is 394 g/mol. The highest BCUT2D eigenvalue weighted by atomic mass is 32.2. The SMILES string of the molecule is Cc1nccn1CCN(C1CCN(C(=O)c2cccn2C)CC1)S(C)(=O)=O. The summed E-state index contributed by atoms with van der Waals surface area (Å²) in [7, 11) is -1.48. The first-order valence-corrected chi connectivity index (χ1v) is 11.0. The number of aryl methyl sites for hydroxylation is 2. The molecular weight excluding hydrogens is 366 g/mol. The molecule has 0 bridgehead atoms. The van der Waals surface area contributed by atoms with Gasteiger partial charge in [0.25, 0.3) is 5.91 Å². The zero-order chi connectivity index (χ0) is 19.6. The van der Waals surface area contributed by atoms with Gasteiger partial charge in [-0.25, -0.2) is 13.4 Å². The second kappa shape index (κ2) is 7.85. The predicted molar refractivity (Wildman–Crippen MR) is 103 cm³/mol. The maximum Gasteiger partial charge on any atom is 0.270 e. The molecule has 1 aliphatic heterocycles. The van der Waals surface area contributed by atoms with Crippen molar-refractivity contribution in [2.45, 2.75) is 32.4 Å². The van der Waals surface area contributed by atoms with Crippen molar-refractivity contribution in [2.24, 2.45) is 7.05 Å². The summed E-state index contributed by atoms with van der Waals surface area (Å²) in [6, 6.07) is 3.58. The standard InChI is InChI=1S/C18H27N5O3S/c1-15-19-8-12-21(15)13-14-23(27(3,25)26)16-6-10-22(11-7-16)18(24)17-5-4-9-20(17)2/h4-5,8-9,12,16H,6-7,10-11,13-14H2,1-3H3. The topological polar surface area (TPSA) is 80.4 Å². The van der Waals surface area contributed by atoms with Crippen LogP contribution in [0.5, 0.6) is 0 Å². The monoisotopic (exact) mass is 393 g/mol. The zero-order valence-electron chi connectivity index (χ0n) is 16.1. The van der Waals surface area contributed by atoms with E-state index < -0.39 is 10.0 Å². The number of rotatable bonds is 6. The van der Waals surface area contributed by atoms with Gasteiger partial charge in [0.2, 0.25) is 10.0 Å². The smallest absolute Gasteiger partial charge is 0.270 e. The summed E-state index contributed by atoms with van der Waals surface area (Å²) >= 11 is 0. The molecule has 2 aromatic heterocycles. The molecule has 27 heavy (non-hydrogen) atoms. The summed E-state index contributed by atoms with van der Waals surface area (Å²) in [5.41, 5.74) is 0.656. The molecule has 3 rings (SSSR count). The lowest BCUT2D eigenvalue weighted by atomic mass is 10.0. The van der Waals surface area contributed by atoms with Crippen molar-refractivity contribution in [1.29, 1.82) is 0 Å². The summed E-state index contributed by atoms with van der Waals surface area (Å²) < 4.78 is 30.0. The van der Waals surface area contributed by atoms with Gasteiger partial charge in [-0.15, -0.1) is 0 Å². The molecule has 0 spiro atoms. The molecular formula is C18H27N5O3S. The number of hydrogen-bond acceptors (Lipinski definition) is 4. The first kappa shape index (κ1) is 19.6. The Morgan fingerprint density at radius 3 is 2.52 bits per heavy atom. The first-order chi connectivity index (χ1) is 12.8. The van der Waals surface area contributed by atoms with E-state index in [0.717, 1.165) is 5.82 Å². The maximum absolute atomic E-state index is 12.6. The molecule has 2 aromatic rings. The van der Waals surface area contributed by atoms with Gasteiger partial charge in [-0.3, -0.25) is 4.79 Å². The van der Waals surface area contributed by atoms with Crippen molar-refractivity contribution in [3.8, 4) is 0 Å². The number of likely N-dealkylation sites (tertiary alicyclic amines) is 1. The minimum atomic E-state index is -3.33. The zero-order valence-corrected chi connectivity index (χ0v) is 16.9. The van der Waals surface area contributed by atoms with E-state index in [9.17, 15) is 13.2 Å². The Morgan fingerprint density at radius 1 is 1.30 bits per heavy atom. The third kappa shape index (κ3) is 4.41. The second-order valence-electron chi connectivity index (χ2n) is 7.07. The van der Waals surface area contributed by atoms with Gasteiger partial charge in [0.15, 0.2) is 0 Å². The van der Waals surface area contributed by atoms with E-state index in [2.05, 4.69) is 4.98 Å². The van der Waals surface area contributed by atoms with Gasteiger partial charge in [-0.05, 0) is 31.9 Å². The van der Waals surface area contributed by atoms with Gasteiger partial charge in [-0.1, -0.05) is 0 Å². The van der Waals surface area contributed by atoms with Gasteiger partial charge in [0.1, 0.15) is 11.5 Å². The molecule has 0 saturated carbocycles. The third-order valence-corrected chi connectivity index (χ3v) is 6.57. The van der Waals surface area contributed by atoms with Crippen molar-refractivity contribution in [3.05, 3.63) is 42.2 Å². The van der Waals surface area contributed by atoms with Crippen LogP contribution in [0.4, 0.5) is 0 Å². The van der Waals surface area contributed by atoms with E-state index in [1.165, 1.54) is 6.26 Å². The van der Waals surface area contributed by atoms with Crippen molar-refractivity contribution in [2.75, 3.05) is 25.9 Å². The Labute approximate surface area is 160 Å². The fourth-order valence-corrected chi connectivity index (χ4v) is 4.83. The Morgan fingerprint density at radius 2 is 2.00 bits per heavy atom. The molecule has 1 saturated heterocycles. The number of aromatic nitrogens is 3. The van der Waals surface area contributed by atoms with E-state index in [1.54, 1.807) is 10.5 Å². The average Bonchev–Trinajstić information content (AvgIpc) is 3.22. The fourth-order valence-electron chi connectivity index (χ4n) is 3.67. The number of hydrogen-bond donors (Lipinski definition) is 0. The minimum absolute atomic E-state index is 0.000830. The molecule has 0 aliphatic carbocycles. The molecule has 1 amide bonds. The molecule has 9 heteroatoms. The summed E-state index contributed by atoms with van der Waals surface area (Å²) in [5.74, 6) is 0.868. The number of imidazole rings is 1. The van der Waals surface area contributed by atoms with Gasteiger partial charge in [0, 0.05) is 57.9 Å². The normalized spacial score (nSPS) is 16.2. The van der Waals surface area contributed by atoms with Gasteiger partial charge in [0.05, 0.1) is 6.26 Å². The van der Waals surface area contributed by atoms with Crippen molar-refractivity contribution in [1.82, 2.24) is 23.3 Å². The number of carbonyl (C=O) groups excluding carboxylic acids is 1. The summed E-state index contributed by atoms with van der Waals surface area (Å²) in [5, 5.41) is 0. The van der Waals surface area contributed by atoms with E-state index >= 15 is 0 Å². The molecule has 148 valence electrons. The van der Waals surface area contributed by atoms with Crippen LogP contribution in [0.15, 0.2) is 30.7 Å². The van der Waals surface area contributed by atoms with Gasteiger partial charge in [-0.2, -0.15) is 4.31 Å². The van der Waals surface area contributed by atoms with Crippen LogP contribution in [0.2, 0.25) is 0 Å². The molecule has 0 atom stereocenters. The molecule has 8 nitrogen and oxygen atoms in total. The van der Waals surface area contributed by atoms with Crippen LogP contribution in [0, 0.1) is 6.92 Å². The maximum atomic E-state index is 12.6.